The molecule has 1 aromatic heterocycles. The molecule has 5 aromatic rings. The molecule has 0 spiro atoms. The Morgan fingerprint density at radius 3 is 2.26 bits per heavy atom. The Bertz CT molecular complexity index is 1750. The number of aromatic nitrogens is 1. The van der Waals surface area contributed by atoms with E-state index >= 15 is 0 Å². The fourth-order valence-corrected chi connectivity index (χ4v) is 4.19. The highest BCUT2D eigenvalue weighted by molar-refractivity contribution is 6.05. The lowest BCUT2D eigenvalue weighted by atomic mass is 10.0. The Hall–Kier alpha value is -5.76. The molecule has 0 aliphatic carbocycles. The van der Waals surface area contributed by atoms with Crippen molar-refractivity contribution < 1.29 is 24.2 Å². The average Bonchev–Trinajstić information content (AvgIpc) is 3.01. The van der Waals surface area contributed by atoms with Gasteiger partial charge in [-0.1, -0.05) is 54.1 Å². The van der Waals surface area contributed by atoms with Gasteiger partial charge < -0.3 is 20.5 Å². The molecule has 4 aromatic carbocycles. The van der Waals surface area contributed by atoms with Crippen molar-refractivity contribution in [2.45, 2.75) is 13.5 Å². The Morgan fingerprint density at radius 2 is 1.48 bits per heavy atom. The van der Waals surface area contributed by atoms with Crippen LogP contribution in [0.2, 0.25) is 0 Å². The molecule has 0 saturated heterocycles. The molecule has 8 nitrogen and oxygen atoms in total. The summed E-state index contributed by atoms with van der Waals surface area (Å²) in [5, 5.41) is 15.2. The summed E-state index contributed by atoms with van der Waals surface area (Å²) in [6.07, 6.45) is 2.71. The lowest BCUT2D eigenvalue weighted by molar-refractivity contribution is 0.0734. The van der Waals surface area contributed by atoms with Gasteiger partial charge in [-0.25, -0.2) is 4.79 Å². The molecule has 0 saturated carbocycles. The topological polar surface area (TPSA) is 118 Å². The second-order valence-electron chi connectivity index (χ2n) is 9.63. The number of phenols is 1. The molecule has 0 aliphatic rings. The fraction of sp³-hybridized carbons (Fsp3) is 0.0588. The van der Waals surface area contributed by atoms with E-state index in [1.54, 1.807) is 72.8 Å². The molecule has 42 heavy (non-hydrogen) atoms. The minimum atomic E-state index is -0.618. The van der Waals surface area contributed by atoms with Gasteiger partial charge in [-0.05, 0) is 78.2 Å². The summed E-state index contributed by atoms with van der Waals surface area (Å²) in [5.74, 6) is -0.734. The third kappa shape index (κ3) is 7.05. The molecular weight excluding hydrogens is 530 g/mol. The summed E-state index contributed by atoms with van der Waals surface area (Å²) in [4.78, 5) is 42.4. The second kappa shape index (κ2) is 12.6. The maximum absolute atomic E-state index is 12.9. The van der Waals surface area contributed by atoms with Crippen LogP contribution < -0.4 is 15.4 Å². The largest absolute Gasteiger partial charge is 0.508 e. The second-order valence-corrected chi connectivity index (χ2v) is 9.63. The van der Waals surface area contributed by atoms with Gasteiger partial charge in [-0.2, -0.15) is 0 Å². The molecule has 5 rings (SSSR count). The van der Waals surface area contributed by atoms with E-state index in [1.165, 1.54) is 18.5 Å². The van der Waals surface area contributed by atoms with Crippen LogP contribution in [-0.2, 0) is 6.54 Å². The normalized spacial score (nSPS) is 10.5. The molecule has 208 valence electrons. The molecule has 0 radical (unpaired) electrons. The van der Waals surface area contributed by atoms with E-state index in [0.29, 0.717) is 17.0 Å². The number of esters is 1. The number of anilines is 1. The number of carbonyl (C=O) groups is 3. The zero-order valence-electron chi connectivity index (χ0n) is 22.7. The van der Waals surface area contributed by atoms with Gasteiger partial charge in [-0.15, -0.1) is 0 Å². The standard InChI is InChI=1S/C34H27N3O5/c1-22-8-14-31(15-9-22)42-34(41)28-18-27(20-35-21-28)33(40)37-29-7-2-4-23(16-29)19-36-32(39)26-6-3-5-25(17-26)24-10-12-30(38)13-11-24/h2-18,20-21,38H,19H2,1H3,(H,36,39)(H,37,40). The molecule has 0 unspecified atom stereocenters. The first kappa shape index (κ1) is 27.8. The number of aryl methyl sites for hydroxylation is 1. The monoisotopic (exact) mass is 557 g/mol. The van der Waals surface area contributed by atoms with Crippen LogP contribution in [0.4, 0.5) is 5.69 Å². The quantitative estimate of drug-likeness (QED) is 0.155. The number of pyridine rings is 1. The maximum Gasteiger partial charge on any atom is 0.345 e. The van der Waals surface area contributed by atoms with Gasteiger partial charge in [0.25, 0.3) is 11.8 Å². The van der Waals surface area contributed by atoms with E-state index in [9.17, 15) is 19.5 Å². The number of nitrogens with one attached hydrogen (secondary N) is 2. The summed E-state index contributed by atoms with van der Waals surface area (Å²) in [6.45, 7) is 2.18. The van der Waals surface area contributed by atoms with Crippen molar-refractivity contribution >= 4 is 23.5 Å². The van der Waals surface area contributed by atoms with Gasteiger partial charge in [0, 0.05) is 30.2 Å². The lowest BCUT2D eigenvalue weighted by Crippen LogP contribution is -2.23. The van der Waals surface area contributed by atoms with Crippen molar-refractivity contribution in [2.75, 3.05) is 5.32 Å². The SMILES string of the molecule is Cc1ccc(OC(=O)c2cncc(C(=O)Nc3cccc(CNC(=O)c4cccc(-c5ccc(O)cc5)c4)c3)c2)cc1. The molecule has 0 fully saturated rings. The Balaban J connectivity index is 1.20. The van der Waals surface area contributed by atoms with E-state index in [-0.39, 0.29) is 29.3 Å². The van der Waals surface area contributed by atoms with Gasteiger partial charge in [0.05, 0.1) is 11.1 Å². The van der Waals surface area contributed by atoms with E-state index in [2.05, 4.69) is 15.6 Å². The third-order valence-corrected chi connectivity index (χ3v) is 6.43. The summed E-state index contributed by atoms with van der Waals surface area (Å²) in [5.41, 5.74) is 4.92. The van der Waals surface area contributed by atoms with Crippen molar-refractivity contribution in [1.29, 1.82) is 0 Å². The first-order chi connectivity index (χ1) is 20.3. The zero-order valence-corrected chi connectivity index (χ0v) is 22.7. The number of hydrogen-bond acceptors (Lipinski definition) is 6. The molecular formula is C34H27N3O5. The molecule has 2 amide bonds. The minimum Gasteiger partial charge on any atom is -0.508 e. The van der Waals surface area contributed by atoms with Crippen LogP contribution in [0.5, 0.6) is 11.5 Å². The van der Waals surface area contributed by atoms with Crippen molar-refractivity contribution in [3.05, 3.63) is 143 Å². The zero-order chi connectivity index (χ0) is 29.5. The van der Waals surface area contributed by atoms with Gasteiger partial charge >= 0.3 is 5.97 Å². The predicted molar refractivity (Wildman–Crippen MR) is 159 cm³/mol. The summed E-state index contributed by atoms with van der Waals surface area (Å²) >= 11 is 0. The minimum absolute atomic E-state index is 0.147. The van der Waals surface area contributed by atoms with E-state index in [4.69, 9.17) is 4.74 Å². The Kier molecular flexibility index (Phi) is 8.34. The number of phenolic OH excluding ortho intramolecular Hbond substituents is 1. The lowest BCUT2D eigenvalue weighted by Gasteiger charge is -2.10. The molecule has 0 bridgehead atoms. The van der Waals surface area contributed by atoms with Crippen molar-refractivity contribution in [2.24, 2.45) is 0 Å². The van der Waals surface area contributed by atoms with Crippen LogP contribution in [0.3, 0.4) is 0 Å². The molecule has 0 atom stereocenters. The number of nitrogens with zero attached hydrogens (tertiary/aromatic N) is 1. The smallest absolute Gasteiger partial charge is 0.345 e. The van der Waals surface area contributed by atoms with E-state index < -0.39 is 11.9 Å². The molecule has 1 heterocycles. The number of aromatic hydroxyl groups is 1. The number of benzene rings is 4. The summed E-state index contributed by atoms with van der Waals surface area (Å²) < 4.78 is 5.38. The highest BCUT2D eigenvalue weighted by Gasteiger charge is 2.14. The van der Waals surface area contributed by atoms with Crippen LogP contribution in [0, 0.1) is 6.92 Å². The van der Waals surface area contributed by atoms with Crippen molar-refractivity contribution in [1.82, 2.24) is 10.3 Å². The first-order valence-corrected chi connectivity index (χ1v) is 13.2. The van der Waals surface area contributed by atoms with E-state index in [1.807, 2.05) is 31.2 Å². The third-order valence-electron chi connectivity index (χ3n) is 6.43. The van der Waals surface area contributed by atoms with Crippen molar-refractivity contribution in [3.63, 3.8) is 0 Å². The fourth-order valence-electron chi connectivity index (χ4n) is 4.19. The average molecular weight is 558 g/mol. The van der Waals surface area contributed by atoms with Crippen LogP contribution in [0.1, 0.15) is 42.2 Å². The number of rotatable bonds is 8. The van der Waals surface area contributed by atoms with Crippen LogP contribution in [0.25, 0.3) is 11.1 Å². The molecule has 0 aliphatic heterocycles. The predicted octanol–water partition coefficient (Wildman–Crippen LogP) is 6.16. The number of carbonyl (C=O) groups excluding carboxylic acids is 3. The summed E-state index contributed by atoms with van der Waals surface area (Å²) in [7, 11) is 0. The van der Waals surface area contributed by atoms with Crippen molar-refractivity contribution in [3.8, 4) is 22.6 Å². The molecule has 3 N–H and O–H groups in total. The maximum atomic E-state index is 12.9. The highest BCUT2D eigenvalue weighted by atomic mass is 16.5. The number of amides is 2. The number of ether oxygens (including phenoxy) is 1. The van der Waals surface area contributed by atoms with Crippen LogP contribution in [-0.4, -0.2) is 27.9 Å². The van der Waals surface area contributed by atoms with Gasteiger partial charge in [0.1, 0.15) is 11.5 Å². The Morgan fingerprint density at radius 1 is 0.738 bits per heavy atom. The summed E-state index contributed by atoms with van der Waals surface area (Å²) in [6, 6.07) is 29.6. The van der Waals surface area contributed by atoms with Gasteiger partial charge in [0.2, 0.25) is 0 Å². The van der Waals surface area contributed by atoms with Gasteiger partial charge in [-0.3, -0.25) is 14.6 Å². The van der Waals surface area contributed by atoms with Gasteiger partial charge in [0.15, 0.2) is 0 Å². The van der Waals surface area contributed by atoms with Crippen LogP contribution >= 0.6 is 0 Å². The Labute approximate surface area is 242 Å². The molecule has 8 heteroatoms. The van der Waals surface area contributed by atoms with Crippen LogP contribution in [0.15, 0.2) is 116 Å². The highest BCUT2D eigenvalue weighted by Crippen LogP contribution is 2.23. The number of hydrogen-bond donors (Lipinski definition) is 3. The van der Waals surface area contributed by atoms with E-state index in [0.717, 1.165) is 22.3 Å². The first-order valence-electron chi connectivity index (χ1n) is 13.2.